The second-order valence-electron chi connectivity index (χ2n) is 7.68. The molecular formula is C25H25NO5. The van der Waals surface area contributed by atoms with Gasteiger partial charge >= 0.3 is 5.63 Å². The predicted molar refractivity (Wildman–Crippen MR) is 116 cm³/mol. The summed E-state index contributed by atoms with van der Waals surface area (Å²) in [6, 6.07) is 20.9. The lowest BCUT2D eigenvalue weighted by Crippen LogP contribution is -2.56. The quantitative estimate of drug-likeness (QED) is 0.556. The van der Waals surface area contributed by atoms with Gasteiger partial charge in [0.15, 0.2) is 0 Å². The lowest BCUT2D eigenvalue weighted by atomic mass is 10.1. The molecule has 2 heterocycles. The summed E-state index contributed by atoms with van der Waals surface area (Å²) in [5.74, 6) is 1.89. The van der Waals surface area contributed by atoms with Gasteiger partial charge in [0.05, 0.1) is 19.2 Å². The molecule has 1 amide bonds. The predicted octanol–water partition coefficient (Wildman–Crippen LogP) is 3.75. The summed E-state index contributed by atoms with van der Waals surface area (Å²) in [6.45, 7) is 3.27. The van der Waals surface area contributed by atoms with Crippen molar-refractivity contribution in [3.8, 4) is 11.5 Å². The van der Waals surface area contributed by atoms with Crippen LogP contribution < -0.4 is 15.1 Å². The molecule has 6 heteroatoms. The SMILES string of the molecule is Cc1cc(OC2CN(C(=O)CCc3cccc(OCc4ccccc4)c3)C2)cc(=O)o1. The van der Waals surface area contributed by atoms with E-state index < -0.39 is 5.63 Å². The van der Waals surface area contributed by atoms with E-state index in [4.69, 9.17) is 13.9 Å². The Bertz CT molecular complexity index is 1090. The Morgan fingerprint density at radius 1 is 1.00 bits per heavy atom. The molecule has 0 bridgehead atoms. The topological polar surface area (TPSA) is 69.0 Å². The highest BCUT2D eigenvalue weighted by molar-refractivity contribution is 5.77. The van der Waals surface area contributed by atoms with Crippen LogP contribution in [0.2, 0.25) is 0 Å². The van der Waals surface area contributed by atoms with Crippen molar-refractivity contribution in [2.45, 2.75) is 32.5 Å². The van der Waals surface area contributed by atoms with Crippen LogP contribution >= 0.6 is 0 Å². The van der Waals surface area contributed by atoms with Gasteiger partial charge in [0.2, 0.25) is 5.91 Å². The molecule has 1 aromatic heterocycles. The number of rotatable bonds is 8. The third kappa shape index (κ3) is 5.75. The molecule has 0 radical (unpaired) electrons. The second-order valence-corrected chi connectivity index (χ2v) is 7.68. The first kappa shape index (κ1) is 20.7. The van der Waals surface area contributed by atoms with E-state index in [1.54, 1.807) is 17.9 Å². The fourth-order valence-corrected chi connectivity index (χ4v) is 3.49. The van der Waals surface area contributed by atoms with Crippen LogP contribution in [0, 0.1) is 6.92 Å². The van der Waals surface area contributed by atoms with Gasteiger partial charge in [-0.3, -0.25) is 4.79 Å². The number of ether oxygens (including phenoxy) is 2. The van der Waals surface area contributed by atoms with Crippen molar-refractivity contribution in [1.82, 2.24) is 4.90 Å². The minimum absolute atomic E-state index is 0.0965. The maximum atomic E-state index is 12.5. The fraction of sp³-hybridized carbons (Fsp3) is 0.280. The van der Waals surface area contributed by atoms with Gasteiger partial charge < -0.3 is 18.8 Å². The zero-order valence-electron chi connectivity index (χ0n) is 17.5. The number of hydrogen-bond donors (Lipinski definition) is 0. The molecule has 1 aliphatic heterocycles. The molecule has 0 N–H and O–H groups in total. The summed E-state index contributed by atoms with van der Waals surface area (Å²) in [5, 5.41) is 0. The van der Waals surface area contributed by atoms with Gasteiger partial charge in [-0.15, -0.1) is 0 Å². The molecule has 3 aromatic rings. The van der Waals surface area contributed by atoms with Gasteiger partial charge in [-0.05, 0) is 36.6 Å². The fourth-order valence-electron chi connectivity index (χ4n) is 3.49. The number of carbonyl (C=O) groups excluding carboxylic acids is 1. The third-order valence-electron chi connectivity index (χ3n) is 5.15. The van der Waals surface area contributed by atoms with Gasteiger partial charge in [-0.2, -0.15) is 0 Å². The summed E-state index contributed by atoms with van der Waals surface area (Å²) >= 11 is 0. The molecule has 0 unspecified atom stereocenters. The molecule has 0 spiro atoms. The van der Waals surface area contributed by atoms with Crippen LogP contribution in [-0.2, 0) is 17.8 Å². The molecular weight excluding hydrogens is 394 g/mol. The molecule has 1 fully saturated rings. The maximum Gasteiger partial charge on any atom is 0.339 e. The van der Waals surface area contributed by atoms with E-state index in [1.807, 2.05) is 54.6 Å². The molecule has 0 atom stereocenters. The van der Waals surface area contributed by atoms with Crippen LogP contribution in [0.3, 0.4) is 0 Å². The first-order chi connectivity index (χ1) is 15.0. The van der Waals surface area contributed by atoms with E-state index in [0.29, 0.717) is 44.0 Å². The van der Waals surface area contributed by atoms with Gasteiger partial charge in [0.1, 0.15) is 30.0 Å². The van der Waals surface area contributed by atoms with Crippen molar-refractivity contribution >= 4 is 5.91 Å². The average molecular weight is 419 g/mol. The van der Waals surface area contributed by atoms with Crippen LogP contribution in [0.25, 0.3) is 0 Å². The molecule has 6 nitrogen and oxygen atoms in total. The average Bonchev–Trinajstić information content (AvgIpc) is 2.73. The van der Waals surface area contributed by atoms with Crippen molar-refractivity contribution in [3.05, 3.63) is 94.0 Å². The highest BCUT2D eigenvalue weighted by atomic mass is 16.5. The highest BCUT2D eigenvalue weighted by Gasteiger charge is 2.32. The lowest BCUT2D eigenvalue weighted by Gasteiger charge is -2.39. The van der Waals surface area contributed by atoms with Gasteiger partial charge in [0.25, 0.3) is 0 Å². The molecule has 1 aliphatic rings. The number of hydrogen-bond acceptors (Lipinski definition) is 5. The van der Waals surface area contributed by atoms with Crippen molar-refractivity contribution in [2.75, 3.05) is 13.1 Å². The van der Waals surface area contributed by atoms with E-state index in [-0.39, 0.29) is 12.0 Å². The smallest absolute Gasteiger partial charge is 0.339 e. The minimum atomic E-state index is -0.433. The summed E-state index contributed by atoms with van der Waals surface area (Å²) in [5.41, 5.74) is 1.75. The van der Waals surface area contributed by atoms with Crippen LogP contribution in [0.15, 0.2) is 75.9 Å². The molecule has 31 heavy (non-hydrogen) atoms. The highest BCUT2D eigenvalue weighted by Crippen LogP contribution is 2.20. The zero-order valence-corrected chi connectivity index (χ0v) is 17.5. The largest absolute Gasteiger partial charge is 0.489 e. The number of likely N-dealkylation sites (tertiary alicyclic amines) is 1. The Morgan fingerprint density at radius 2 is 1.77 bits per heavy atom. The van der Waals surface area contributed by atoms with Crippen LogP contribution in [-0.4, -0.2) is 30.0 Å². The first-order valence-electron chi connectivity index (χ1n) is 10.4. The molecule has 0 saturated carbocycles. The minimum Gasteiger partial charge on any atom is -0.489 e. The van der Waals surface area contributed by atoms with E-state index in [0.717, 1.165) is 16.9 Å². The molecule has 160 valence electrons. The van der Waals surface area contributed by atoms with E-state index in [2.05, 4.69) is 0 Å². The maximum absolute atomic E-state index is 12.5. The van der Waals surface area contributed by atoms with Gasteiger partial charge in [0, 0.05) is 12.5 Å². The zero-order chi connectivity index (χ0) is 21.6. The van der Waals surface area contributed by atoms with Crippen molar-refractivity contribution in [1.29, 1.82) is 0 Å². The number of carbonyl (C=O) groups is 1. The Balaban J connectivity index is 1.22. The Morgan fingerprint density at radius 3 is 2.55 bits per heavy atom. The molecule has 2 aromatic carbocycles. The van der Waals surface area contributed by atoms with E-state index >= 15 is 0 Å². The number of benzene rings is 2. The van der Waals surface area contributed by atoms with Crippen LogP contribution in [0.4, 0.5) is 0 Å². The normalized spacial score (nSPS) is 13.5. The molecule has 1 saturated heterocycles. The lowest BCUT2D eigenvalue weighted by molar-refractivity contribution is -0.139. The summed E-state index contributed by atoms with van der Waals surface area (Å²) in [4.78, 5) is 25.7. The number of nitrogens with zero attached hydrogens (tertiary/aromatic N) is 1. The summed E-state index contributed by atoms with van der Waals surface area (Å²) < 4.78 is 16.6. The standard InChI is InChI=1S/C25H25NO5/c1-18-12-22(14-25(28)30-18)31-23-15-26(16-23)24(27)11-10-19-8-5-9-21(13-19)29-17-20-6-3-2-4-7-20/h2-9,12-14,23H,10-11,15-17H2,1H3. The van der Waals surface area contributed by atoms with Crippen LogP contribution in [0.5, 0.6) is 11.5 Å². The number of aryl methyl sites for hydroxylation is 2. The Labute approximate surface area is 181 Å². The van der Waals surface area contributed by atoms with Crippen molar-refractivity contribution < 1.29 is 18.7 Å². The van der Waals surface area contributed by atoms with Gasteiger partial charge in [-0.25, -0.2) is 4.79 Å². The Kier molecular flexibility index (Phi) is 6.36. The third-order valence-corrected chi connectivity index (χ3v) is 5.15. The Hall–Kier alpha value is -3.54. The van der Waals surface area contributed by atoms with Crippen molar-refractivity contribution in [2.24, 2.45) is 0 Å². The van der Waals surface area contributed by atoms with E-state index in [9.17, 15) is 9.59 Å². The molecule has 4 rings (SSSR count). The van der Waals surface area contributed by atoms with Crippen LogP contribution in [0.1, 0.15) is 23.3 Å². The number of amides is 1. The second kappa shape index (κ2) is 9.51. The van der Waals surface area contributed by atoms with Crippen molar-refractivity contribution in [3.63, 3.8) is 0 Å². The van der Waals surface area contributed by atoms with Gasteiger partial charge in [-0.1, -0.05) is 42.5 Å². The van der Waals surface area contributed by atoms with E-state index in [1.165, 1.54) is 6.07 Å². The summed E-state index contributed by atoms with van der Waals surface area (Å²) in [6.07, 6.45) is 0.991. The first-order valence-corrected chi connectivity index (χ1v) is 10.4. The summed E-state index contributed by atoms with van der Waals surface area (Å²) in [7, 11) is 0. The monoisotopic (exact) mass is 419 g/mol. The molecule has 0 aliphatic carbocycles.